The lowest BCUT2D eigenvalue weighted by atomic mass is 9.90. The molecule has 2 aromatic heterocycles. The minimum Gasteiger partial charge on any atom is -0.315 e. The summed E-state index contributed by atoms with van der Waals surface area (Å²) in [7, 11) is 1.89. The first-order valence-electron chi connectivity index (χ1n) is 7.81. The van der Waals surface area contributed by atoms with Gasteiger partial charge in [0, 0.05) is 43.3 Å². The molecule has 0 spiro atoms. The first kappa shape index (κ1) is 16.1. The van der Waals surface area contributed by atoms with Crippen LogP contribution in [0.4, 0.5) is 5.13 Å². The molecule has 2 N–H and O–H groups in total. The van der Waals surface area contributed by atoms with Gasteiger partial charge in [-0.05, 0) is 11.0 Å². The van der Waals surface area contributed by atoms with Crippen LogP contribution in [0.15, 0.2) is 18.6 Å². The number of thiazole rings is 1. The molecule has 1 amide bonds. The lowest BCUT2D eigenvalue weighted by Crippen LogP contribution is -2.27. The van der Waals surface area contributed by atoms with Crippen molar-refractivity contribution < 1.29 is 4.79 Å². The van der Waals surface area contributed by atoms with Crippen molar-refractivity contribution in [2.24, 2.45) is 13.0 Å². The highest BCUT2D eigenvalue weighted by Crippen LogP contribution is 2.32. The third kappa shape index (κ3) is 3.45. The SMILES string of the molecule is Cn1cc([C@H]2CNC[C@@H]2C(=O)Nc2ncc(C(C)(C)C)s2)cn1. The maximum absolute atomic E-state index is 12.7. The molecular weight excluding hydrogens is 310 g/mol. The summed E-state index contributed by atoms with van der Waals surface area (Å²) in [5, 5.41) is 11.2. The van der Waals surface area contributed by atoms with Crippen LogP contribution in [0.5, 0.6) is 0 Å². The van der Waals surface area contributed by atoms with Gasteiger partial charge >= 0.3 is 0 Å². The average Bonchev–Trinajstić information content (AvgIpc) is 3.15. The van der Waals surface area contributed by atoms with Crippen molar-refractivity contribution in [3.8, 4) is 0 Å². The second-order valence-electron chi connectivity index (χ2n) is 7.09. The molecule has 2 aromatic rings. The van der Waals surface area contributed by atoms with E-state index in [9.17, 15) is 4.79 Å². The van der Waals surface area contributed by atoms with Crippen molar-refractivity contribution in [2.45, 2.75) is 32.1 Å². The Morgan fingerprint density at radius 1 is 1.39 bits per heavy atom. The fourth-order valence-corrected chi connectivity index (χ4v) is 3.69. The maximum Gasteiger partial charge on any atom is 0.231 e. The number of nitrogens with zero attached hydrogens (tertiary/aromatic N) is 3. The Morgan fingerprint density at radius 3 is 2.78 bits per heavy atom. The molecule has 0 unspecified atom stereocenters. The van der Waals surface area contributed by atoms with Crippen LogP contribution in [0, 0.1) is 5.92 Å². The van der Waals surface area contributed by atoms with Crippen LogP contribution in [0.25, 0.3) is 0 Å². The minimum absolute atomic E-state index is 0.0265. The van der Waals surface area contributed by atoms with E-state index in [-0.39, 0.29) is 23.2 Å². The number of rotatable bonds is 3. The normalized spacial score (nSPS) is 21.6. The topological polar surface area (TPSA) is 71.8 Å². The van der Waals surface area contributed by atoms with Crippen molar-refractivity contribution in [1.29, 1.82) is 0 Å². The van der Waals surface area contributed by atoms with E-state index in [0.717, 1.165) is 12.1 Å². The third-order valence-corrected chi connectivity index (χ3v) is 5.52. The van der Waals surface area contributed by atoms with Crippen molar-refractivity contribution in [1.82, 2.24) is 20.1 Å². The van der Waals surface area contributed by atoms with Gasteiger partial charge in [0.1, 0.15) is 0 Å². The molecule has 1 aliphatic heterocycles. The number of hydrogen-bond acceptors (Lipinski definition) is 5. The third-order valence-electron chi connectivity index (χ3n) is 4.18. The van der Waals surface area contributed by atoms with Crippen LogP contribution in [0.2, 0.25) is 0 Å². The van der Waals surface area contributed by atoms with E-state index < -0.39 is 0 Å². The molecule has 1 saturated heterocycles. The van der Waals surface area contributed by atoms with Gasteiger partial charge in [0.2, 0.25) is 5.91 Å². The van der Waals surface area contributed by atoms with Crippen LogP contribution in [-0.4, -0.2) is 33.8 Å². The monoisotopic (exact) mass is 333 g/mol. The number of nitrogens with one attached hydrogen (secondary N) is 2. The molecule has 6 nitrogen and oxygen atoms in total. The molecule has 2 atom stereocenters. The number of anilines is 1. The van der Waals surface area contributed by atoms with Gasteiger partial charge < -0.3 is 10.6 Å². The van der Waals surface area contributed by atoms with Gasteiger partial charge in [0.15, 0.2) is 5.13 Å². The Labute approximate surface area is 140 Å². The van der Waals surface area contributed by atoms with Crippen LogP contribution in [-0.2, 0) is 17.3 Å². The number of hydrogen-bond donors (Lipinski definition) is 2. The van der Waals surface area contributed by atoms with E-state index in [2.05, 4.69) is 41.5 Å². The second kappa shape index (κ2) is 6.05. The lowest BCUT2D eigenvalue weighted by molar-refractivity contribution is -0.119. The Bertz CT molecular complexity index is 699. The smallest absolute Gasteiger partial charge is 0.231 e. The van der Waals surface area contributed by atoms with Gasteiger partial charge in [-0.15, -0.1) is 11.3 Å². The van der Waals surface area contributed by atoms with E-state index in [4.69, 9.17) is 0 Å². The first-order chi connectivity index (χ1) is 10.8. The number of amides is 1. The number of carbonyl (C=O) groups excluding carboxylic acids is 1. The van der Waals surface area contributed by atoms with Gasteiger partial charge in [0.05, 0.1) is 12.1 Å². The molecule has 0 bridgehead atoms. The van der Waals surface area contributed by atoms with Gasteiger partial charge in [-0.25, -0.2) is 4.98 Å². The van der Waals surface area contributed by atoms with E-state index in [1.807, 2.05) is 25.6 Å². The summed E-state index contributed by atoms with van der Waals surface area (Å²) in [4.78, 5) is 18.2. The summed E-state index contributed by atoms with van der Waals surface area (Å²) in [5.74, 6) is 0.0885. The minimum atomic E-state index is -0.0961. The Hall–Kier alpha value is -1.73. The fourth-order valence-electron chi connectivity index (χ4n) is 2.81. The van der Waals surface area contributed by atoms with E-state index >= 15 is 0 Å². The predicted octanol–water partition coefficient (Wildman–Crippen LogP) is 2.12. The maximum atomic E-state index is 12.7. The standard InChI is InChI=1S/C16H23N5OS/c1-16(2,3)13-8-18-15(23-13)20-14(22)12-7-17-6-11(12)10-5-19-21(4)9-10/h5,8-9,11-12,17H,6-7H2,1-4H3,(H,18,20,22)/t11-,12+/m1/s1. The molecule has 0 aliphatic carbocycles. The highest BCUT2D eigenvalue weighted by molar-refractivity contribution is 7.15. The highest BCUT2D eigenvalue weighted by atomic mass is 32.1. The van der Waals surface area contributed by atoms with E-state index in [0.29, 0.717) is 11.7 Å². The fraction of sp³-hybridized carbons (Fsp3) is 0.562. The molecule has 124 valence electrons. The zero-order valence-corrected chi connectivity index (χ0v) is 14.8. The lowest BCUT2D eigenvalue weighted by Gasteiger charge is -2.16. The second-order valence-corrected chi connectivity index (χ2v) is 8.12. The molecular formula is C16H23N5OS. The van der Waals surface area contributed by atoms with E-state index in [1.165, 1.54) is 4.88 Å². The molecule has 7 heteroatoms. The summed E-state index contributed by atoms with van der Waals surface area (Å²) in [6.45, 7) is 7.92. The van der Waals surface area contributed by atoms with Crippen molar-refractivity contribution in [3.63, 3.8) is 0 Å². The molecule has 3 heterocycles. The zero-order valence-electron chi connectivity index (χ0n) is 14.0. The number of aryl methyl sites for hydroxylation is 1. The van der Waals surface area contributed by atoms with Gasteiger partial charge in [-0.1, -0.05) is 20.8 Å². The number of carbonyl (C=O) groups is 1. The predicted molar refractivity (Wildman–Crippen MR) is 91.8 cm³/mol. The van der Waals surface area contributed by atoms with Crippen LogP contribution >= 0.6 is 11.3 Å². The summed E-state index contributed by atoms with van der Waals surface area (Å²) in [5.41, 5.74) is 1.15. The molecule has 0 aromatic carbocycles. The summed E-state index contributed by atoms with van der Waals surface area (Å²) in [6, 6.07) is 0. The van der Waals surface area contributed by atoms with Gasteiger partial charge in [-0.2, -0.15) is 5.10 Å². The summed E-state index contributed by atoms with van der Waals surface area (Å²) >= 11 is 1.55. The van der Waals surface area contributed by atoms with Crippen molar-refractivity contribution in [3.05, 3.63) is 29.0 Å². The summed E-state index contributed by atoms with van der Waals surface area (Å²) < 4.78 is 1.78. The Kier molecular flexibility index (Phi) is 4.25. The Balaban J connectivity index is 1.71. The molecule has 1 fully saturated rings. The van der Waals surface area contributed by atoms with Crippen LogP contribution in [0.1, 0.15) is 37.1 Å². The zero-order chi connectivity index (χ0) is 16.6. The highest BCUT2D eigenvalue weighted by Gasteiger charge is 2.35. The molecule has 0 radical (unpaired) electrons. The van der Waals surface area contributed by atoms with Gasteiger partial charge in [0.25, 0.3) is 0 Å². The van der Waals surface area contributed by atoms with Crippen LogP contribution < -0.4 is 10.6 Å². The van der Waals surface area contributed by atoms with Crippen molar-refractivity contribution >= 4 is 22.4 Å². The quantitative estimate of drug-likeness (QED) is 0.902. The van der Waals surface area contributed by atoms with Gasteiger partial charge in [-0.3, -0.25) is 9.48 Å². The van der Waals surface area contributed by atoms with Crippen molar-refractivity contribution in [2.75, 3.05) is 18.4 Å². The molecule has 3 rings (SSSR count). The summed E-state index contributed by atoms with van der Waals surface area (Å²) in [6.07, 6.45) is 5.68. The molecule has 1 aliphatic rings. The largest absolute Gasteiger partial charge is 0.315 e. The average molecular weight is 333 g/mol. The number of aromatic nitrogens is 3. The van der Waals surface area contributed by atoms with E-state index in [1.54, 1.807) is 16.0 Å². The molecule has 23 heavy (non-hydrogen) atoms. The molecule has 0 saturated carbocycles. The first-order valence-corrected chi connectivity index (χ1v) is 8.62. The van der Waals surface area contributed by atoms with Crippen LogP contribution in [0.3, 0.4) is 0 Å². The Morgan fingerprint density at radius 2 is 2.17 bits per heavy atom.